The largest absolute Gasteiger partial charge is 0.479 e. The summed E-state index contributed by atoms with van der Waals surface area (Å²) in [5.41, 5.74) is 1.60. The molecule has 98 valence electrons. The van der Waals surface area contributed by atoms with Crippen LogP contribution in [-0.2, 0) is 16.6 Å². The Bertz CT molecular complexity index is 562. The molecule has 2 atom stereocenters. The van der Waals surface area contributed by atoms with Crippen LogP contribution in [0.25, 0.3) is 0 Å². The van der Waals surface area contributed by atoms with Crippen LogP contribution in [0, 0.1) is 0 Å². The number of carboxylic acids is 1. The smallest absolute Gasteiger partial charge is 0.331 e. The molecular weight excluding hydrogens is 277 g/mol. The molecule has 0 aliphatic heterocycles. The Balaban J connectivity index is 2.43. The predicted octanol–water partition coefficient (Wildman–Crippen LogP) is 3.11. The van der Waals surface area contributed by atoms with Crippen molar-refractivity contribution in [2.24, 2.45) is 0 Å². The van der Waals surface area contributed by atoms with Crippen LogP contribution in [-0.4, -0.2) is 11.1 Å². The second kappa shape index (κ2) is 6.50. The van der Waals surface area contributed by atoms with Gasteiger partial charge >= 0.3 is 5.97 Å². The van der Waals surface area contributed by atoms with Crippen molar-refractivity contribution in [3.63, 3.8) is 0 Å². The second-order valence-electron chi connectivity index (χ2n) is 4.00. The molecule has 0 spiro atoms. The van der Waals surface area contributed by atoms with Gasteiger partial charge in [0.15, 0.2) is 6.04 Å². The van der Waals surface area contributed by atoms with E-state index in [1.807, 2.05) is 60.7 Å². The Morgan fingerprint density at radius 1 is 1.05 bits per heavy atom. The van der Waals surface area contributed by atoms with E-state index >= 15 is 0 Å². The number of hydrogen-bond acceptors (Lipinski definition) is 2. The molecule has 2 aromatic carbocycles. The maximum Gasteiger partial charge on any atom is 0.331 e. The monoisotopic (exact) mass is 291 g/mol. The van der Waals surface area contributed by atoms with Crippen molar-refractivity contribution in [3.8, 4) is 0 Å². The third-order valence-corrected chi connectivity index (χ3v) is 4.30. The van der Waals surface area contributed by atoms with Gasteiger partial charge in [-0.25, -0.2) is 4.79 Å². The lowest BCUT2D eigenvalue weighted by Crippen LogP contribution is -2.26. The first-order valence-corrected chi connectivity index (χ1v) is 8.20. The number of nitrogens with zero attached hydrogens (tertiary/aromatic N) is 1. The predicted molar refractivity (Wildman–Crippen MR) is 82.8 cm³/mol. The Morgan fingerprint density at radius 2 is 1.58 bits per heavy atom. The summed E-state index contributed by atoms with van der Waals surface area (Å²) >= 11 is 5.20. The summed E-state index contributed by atoms with van der Waals surface area (Å²) in [5.74, 6) is -0.882. The molecule has 2 unspecified atom stereocenters. The third kappa shape index (κ3) is 3.22. The molecule has 2 aromatic rings. The minimum absolute atomic E-state index is 0.554. The molecule has 0 aliphatic carbocycles. The van der Waals surface area contributed by atoms with Crippen LogP contribution in [0.5, 0.6) is 0 Å². The van der Waals surface area contributed by atoms with Gasteiger partial charge in [-0.1, -0.05) is 60.3 Å². The van der Waals surface area contributed by atoms with Gasteiger partial charge in [-0.2, -0.15) is 0 Å². The van der Waals surface area contributed by atoms with Gasteiger partial charge in [-0.05, 0) is 17.7 Å². The zero-order chi connectivity index (χ0) is 13.7. The van der Waals surface area contributed by atoms with Gasteiger partial charge in [0.2, 0.25) is 0 Å². The molecule has 2 rings (SSSR count). The van der Waals surface area contributed by atoms with Crippen LogP contribution in [0.15, 0.2) is 60.7 Å². The Morgan fingerprint density at radius 3 is 2.05 bits per heavy atom. The minimum Gasteiger partial charge on any atom is -0.479 e. The van der Waals surface area contributed by atoms with Crippen molar-refractivity contribution in [2.45, 2.75) is 6.04 Å². The molecular formula is C14H14NO2PS. The standard InChI is InChI=1S/C14H14NO2PS/c16-14(17)13(11-7-3-1-4-8-11)15(18-19)12-9-5-2-6-10-12/h1-10,13H,18H2,(H,16,17). The number of carbonyl (C=O) groups is 1. The van der Waals surface area contributed by atoms with Crippen molar-refractivity contribution < 1.29 is 9.90 Å². The third-order valence-electron chi connectivity index (χ3n) is 2.80. The molecule has 0 heterocycles. The molecule has 0 amide bonds. The van der Waals surface area contributed by atoms with Crippen molar-refractivity contribution in [2.75, 3.05) is 4.67 Å². The van der Waals surface area contributed by atoms with Gasteiger partial charge in [0.25, 0.3) is 0 Å². The normalized spacial score (nSPS) is 12.4. The molecule has 1 N–H and O–H groups in total. The lowest BCUT2D eigenvalue weighted by atomic mass is 10.1. The summed E-state index contributed by atoms with van der Waals surface area (Å²) < 4.78 is 1.78. The zero-order valence-electron chi connectivity index (χ0n) is 10.1. The first kappa shape index (κ1) is 13.8. The van der Waals surface area contributed by atoms with Crippen LogP contribution in [0.3, 0.4) is 0 Å². The van der Waals surface area contributed by atoms with Crippen LogP contribution in [0.4, 0.5) is 5.69 Å². The number of carboxylic acid groups (broad SMARTS) is 1. The molecule has 0 aromatic heterocycles. The van der Waals surface area contributed by atoms with Gasteiger partial charge in [-0.15, -0.1) is 0 Å². The van der Waals surface area contributed by atoms with E-state index in [1.165, 1.54) is 0 Å². The fraction of sp³-hybridized carbons (Fsp3) is 0.0714. The summed E-state index contributed by atoms with van der Waals surface area (Å²) in [6, 6.07) is 17.9. The number of rotatable bonds is 5. The lowest BCUT2D eigenvalue weighted by Gasteiger charge is -2.27. The number of benzene rings is 2. The molecule has 3 nitrogen and oxygen atoms in total. The summed E-state index contributed by atoms with van der Waals surface area (Å²) in [5, 5.41) is 9.51. The quantitative estimate of drug-likeness (QED) is 0.859. The van der Waals surface area contributed by atoms with E-state index < -0.39 is 19.5 Å². The van der Waals surface area contributed by atoms with Crippen LogP contribution < -0.4 is 4.67 Å². The number of para-hydroxylation sites is 1. The molecule has 5 heteroatoms. The zero-order valence-corrected chi connectivity index (χ0v) is 12.1. The first-order chi connectivity index (χ1) is 9.24. The fourth-order valence-electron chi connectivity index (χ4n) is 1.93. The highest BCUT2D eigenvalue weighted by molar-refractivity contribution is 7.97. The van der Waals surface area contributed by atoms with Gasteiger partial charge in [-0.3, -0.25) is 0 Å². The molecule has 0 bridgehead atoms. The van der Waals surface area contributed by atoms with E-state index in [-0.39, 0.29) is 0 Å². The van der Waals surface area contributed by atoms with Crippen LogP contribution in [0.2, 0.25) is 0 Å². The summed E-state index contributed by atoms with van der Waals surface area (Å²) in [6.45, 7) is 0. The maximum atomic E-state index is 11.6. The van der Waals surface area contributed by atoms with Gasteiger partial charge < -0.3 is 9.78 Å². The highest BCUT2D eigenvalue weighted by Crippen LogP contribution is 2.32. The molecule has 0 aliphatic rings. The summed E-state index contributed by atoms with van der Waals surface area (Å²) in [7, 11) is -0.554. The highest BCUT2D eigenvalue weighted by Gasteiger charge is 2.25. The second-order valence-corrected chi connectivity index (χ2v) is 5.40. The average Bonchev–Trinajstić information content (AvgIpc) is 2.46. The van der Waals surface area contributed by atoms with Crippen LogP contribution >= 0.6 is 7.51 Å². The molecule has 0 radical (unpaired) electrons. The van der Waals surface area contributed by atoms with E-state index in [1.54, 1.807) is 4.67 Å². The topological polar surface area (TPSA) is 40.5 Å². The number of anilines is 1. The maximum absolute atomic E-state index is 11.6. The van der Waals surface area contributed by atoms with Crippen molar-refractivity contribution in [1.82, 2.24) is 0 Å². The van der Waals surface area contributed by atoms with Crippen molar-refractivity contribution in [1.29, 1.82) is 0 Å². The van der Waals surface area contributed by atoms with Gasteiger partial charge in [0.05, 0.1) is 0 Å². The molecule has 0 saturated heterocycles. The first-order valence-electron chi connectivity index (χ1n) is 5.80. The average molecular weight is 291 g/mol. The van der Waals surface area contributed by atoms with Crippen molar-refractivity contribution in [3.05, 3.63) is 66.2 Å². The van der Waals surface area contributed by atoms with E-state index in [2.05, 4.69) is 0 Å². The van der Waals surface area contributed by atoms with E-state index in [0.29, 0.717) is 0 Å². The van der Waals surface area contributed by atoms with E-state index in [9.17, 15) is 9.90 Å². The highest BCUT2D eigenvalue weighted by atomic mass is 32.4. The number of aliphatic carboxylic acids is 1. The molecule has 0 fully saturated rings. The van der Waals surface area contributed by atoms with Crippen molar-refractivity contribution >= 4 is 31.0 Å². The van der Waals surface area contributed by atoms with Gasteiger partial charge in [0.1, 0.15) is 0 Å². The lowest BCUT2D eigenvalue weighted by molar-refractivity contribution is -0.138. The van der Waals surface area contributed by atoms with E-state index in [4.69, 9.17) is 11.8 Å². The minimum atomic E-state index is -0.882. The number of hydrogen-bond donors (Lipinski definition) is 1. The molecule has 19 heavy (non-hydrogen) atoms. The fourth-order valence-corrected chi connectivity index (χ4v) is 3.37. The molecule has 0 saturated carbocycles. The SMILES string of the molecule is O=C(O)C(c1ccccc1)N([PH2]=S)c1ccccc1. The van der Waals surface area contributed by atoms with E-state index in [0.717, 1.165) is 11.3 Å². The Hall–Kier alpha value is -1.64. The summed E-state index contributed by atoms with van der Waals surface area (Å²) in [6.07, 6.45) is 0. The summed E-state index contributed by atoms with van der Waals surface area (Å²) in [4.78, 5) is 11.6. The Labute approximate surface area is 118 Å². The van der Waals surface area contributed by atoms with Gasteiger partial charge in [0, 0.05) is 13.2 Å². The Kier molecular flexibility index (Phi) is 4.72. The van der Waals surface area contributed by atoms with Crippen LogP contribution in [0.1, 0.15) is 11.6 Å².